The molecule has 0 saturated heterocycles. The minimum absolute atomic E-state index is 0.253. The predicted octanol–water partition coefficient (Wildman–Crippen LogP) is 2.06. The Labute approximate surface area is 94.9 Å². The van der Waals surface area contributed by atoms with Crippen molar-refractivity contribution in [1.82, 2.24) is 9.36 Å². The number of rotatable bonds is 7. The second-order valence-corrected chi connectivity index (χ2v) is 4.43. The molecule has 0 saturated carbocycles. The second kappa shape index (κ2) is 6.74. The Morgan fingerprint density at radius 3 is 3.00 bits per heavy atom. The van der Waals surface area contributed by atoms with Crippen molar-refractivity contribution in [1.29, 1.82) is 0 Å². The maximum absolute atomic E-state index is 8.70. The molecule has 0 amide bonds. The molecule has 0 radical (unpaired) electrons. The molecule has 86 valence electrons. The van der Waals surface area contributed by atoms with Gasteiger partial charge in [-0.05, 0) is 26.2 Å². The van der Waals surface area contributed by atoms with Crippen LogP contribution in [0.5, 0.6) is 0 Å². The van der Waals surface area contributed by atoms with E-state index in [0.717, 1.165) is 36.6 Å². The van der Waals surface area contributed by atoms with Crippen LogP contribution in [0.2, 0.25) is 0 Å². The molecule has 2 N–H and O–H groups in total. The van der Waals surface area contributed by atoms with Crippen LogP contribution in [0.3, 0.4) is 0 Å². The molecule has 15 heavy (non-hydrogen) atoms. The Balaban J connectivity index is 2.35. The molecule has 5 heteroatoms. The molecule has 0 aromatic carbocycles. The largest absolute Gasteiger partial charge is 0.396 e. The molecule has 1 aromatic rings. The highest BCUT2D eigenvalue weighted by Gasteiger charge is 2.06. The summed E-state index contributed by atoms with van der Waals surface area (Å²) >= 11 is 1.42. The summed E-state index contributed by atoms with van der Waals surface area (Å²) in [6.07, 6.45) is 3.81. The lowest BCUT2D eigenvalue weighted by atomic mass is 10.2. The normalized spacial score (nSPS) is 12.7. The topological polar surface area (TPSA) is 58.0 Å². The average Bonchev–Trinajstić information content (AvgIpc) is 2.63. The lowest BCUT2D eigenvalue weighted by molar-refractivity contribution is 0.282. The highest BCUT2D eigenvalue weighted by molar-refractivity contribution is 7.09. The summed E-state index contributed by atoms with van der Waals surface area (Å²) in [5.41, 5.74) is 0. The number of aliphatic hydroxyl groups excluding tert-OH is 1. The fourth-order valence-corrected chi connectivity index (χ4v) is 2.04. The van der Waals surface area contributed by atoms with E-state index in [1.165, 1.54) is 11.5 Å². The van der Waals surface area contributed by atoms with Gasteiger partial charge in [0, 0.05) is 30.6 Å². The van der Waals surface area contributed by atoms with Gasteiger partial charge in [0.2, 0.25) is 5.13 Å². The Morgan fingerprint density at radius 1 is 1.53 bits per heavy atom. The first-order valence-corrected chi connectivity index (χ1v) is 6.23. The zero-order chi connectivity index (χ0) is 11.1. The van der Waals surface area contributed by atoms with Crippen LogP contribution in [-0.4, -0.2) is 27.1 Å². The second-order valence-electron chi connectivity index (χ2n) is 3.68. The van der Waals surface area contributed by atoms with E-state index in [4.69, 9.17) is 5.11 Å². The Bertz CT molecular complexity index is 277. The van der Waals surface area contributed by atoms with Crippen LogP contribution in [-0.2, 0) is 6.42 Å². The minimum Gasteiger partial charge on any atom is -0.396 e. The van der Waals surface area contributed by atoms with Crippen LogP contribution in [0, 0.1) is 0 Å². The molecule has 1 aromatic heterocycles. The lowest BCUT2D eigenvalue weighted by Gasteiger charge is -2.10. The Hall–Kier alpha value is -0.680. The van der Waals surface area contributed by atoms with Crippen molar-refractivity contribution >= 4 is 16.7 Å². The molecule has 1 unspecified atom stereocenters. The van der Waals surface area contributed by atoms with E-state index in [-0.39, 0.29) is 6.61 Å². The maximum atomic E-state index is 8.70. The van der Waals surface area contributed by atoms with Crippen molar-refractivity contribution in [2.75, 3.05) is 11.9 Å². The highest BCUT2D eigenvalue weighted by atomic mass is 32.1. The van der Waals surface area contributed by atoms with E-state index in [2.05, 4.69) is 28.5 Å². The smallest absolute Gasteiger partial charge is 0.202 e. The van der Waals surface area contributed by atoms with Gasteiger partial charge in [0.15, 0.2) is 0 Å². The van der Waals surface area contributed by atoms with Gasteiger partial charge in [-0.3, -0.25) is 0 Å². The van der Waals surface area contributed by atoms with Crippen LogP contribution < -0.4 is 5.32 Å². The van der Waals surface area contributed by atoms with Gasteiger partial charge in [-0.2, -0.15) is 4.37 Å². The fraction of sp³-hybridized carbons (Fsp3) is 0.800. The first-order chi connectivity index (χ1) is 7.26. The van der Waals surface area contributed by atoms with Gasteiger partial charge in [-0.25, -0.2) is 4.98 Å². The first kappa shape index (κ1) is 12.4. The molecule has 4 nitrogen and oxygen atoms in total. The number of aliphatic hydroxyl groups is 1. The molecule has 0 aliphatic rings. The molecule has 1 rings (SSSR count). The molecular formula is C10H19N3OS. The zero-order valence-electron chi connectivity index (χ0n) is 9.36. The standard InChI is InChI=1S/C10H19N3OS/c1-3-5-9-12-10(15-13-9)11-8(2)6-4-7-14/h8,14H,3-7H2,1-2H3,(H,11,12,13). The zero-order valence-corrected chi connectivity index (χ0v) is 10.2. The third kappa shape index (κ3) is 4.57. The summed E-state index contributed by atoms with van der Waals surface area (Å²) in [7, 11) is 0. The van der Waals surface area contributed by atoms with Crippen molar-refractivity contribution < 1.29 is 5.11 Å². The summed E-state index contributed by atoms with van der Waals surface area (Å²) in [6, 6.07) is 0.347. The van der Waals surface area contributed by atoms with Gasteiger partial charge in [0.05, 0.1) is 0 Å². The van der Waals surface area contributed by atoms with Crippen molar-refractivity contribution in [3.63, 3.8) is 0 Å². The average molecular weight is 229 g/mol. The minimum atomic E-state index is 0.253. The highest BCUT2D eigenvalue weighted by Crippen LogP contribution is 2.14. The first-order valence-electron chi connectivity index (χ1n) is 5.46. The van der Waals surface area contributed by atoms with E-state index in [1.807, 2.05) is 0 Å². The quantitative estimate of drug-likeness (QED) is 0.751. The molecule has 0 spiro atoms. The number of nitrogens with one attached hydrogen (secondary N) is 1. The monoisotopic (exact) mass is 229 g/mol. The molecule has 0 bridgehead atoms. The predicted molar refractivity (Wildman–Crippen MR) is 63.3 cm³/mol. The van der Waals surface area contributed by atoms with Crippen LogP contribution >= 0.6 is 11.5 Å². The van der Waals surface area contributed by atoms with Crippen LogP contribution in [0.1, 0.15) is 38.9 Å². The molecule has 1 heterocycles. The van der Waals surface area contributed by atoms with Gasteiger partial charge in [-0.15, -0.1) is 0 Å². The third-order valence-electron chi connectivity index (χ3n) is 2.11. The molecule has 0 aliphatic carbocycles. The molecular weight excluding hydrogens is 210 g/mol. The fourth-order valence-electron chi connectivity index (χ4n) is 1.32. The number of hydrogen-bond acceptors (Lipinski definition) is 5. The van der Waals surface area contributed by atoms with E-state index in [9.17, 15) is 0 Å². The Morgan fingerprint density at radius 2 is 2.33 bits per heavy atom. The van der Waals surface area contributed by atoms with Crippen molar-refractivity contribution in [3.05, 3.63) is 5.82 Å². The number of hydrogen-bond donors (Lipinski definition) is 2. The SMILES string of the molecule is CCCc1nsc(NC(C)CCCO)n1. The summed E-state index contributed by atoms with van der Waals surface area (Å²) in [4.78, 5) is 4.38. The van der Waals surface area contributed by atoms with Crippen molar-refractivity contribution in [3.8, 4) is 0 Å². The van der Waals surface area contributed by atoms with Gasteiger partial charge in [0.25, 0.3) is 0 Å². The number of aryl methyl sites for hydroxylation is 1. The number of aromatic nitrogens is 2. The summed E-state index contributed by atoms with van der Waals surface area (Å²) < 4.78 is 4.26. The molecule has 0 aliphatic heterocycles. The number of anilines is 1. The van der Waals surface area contributed by atoms with Crippen LogP contribution in [0.15, 0.2) is 0 Å². The van der Waals surface area contributed by atoms with Crippen molar-refractivity contribution in [2.45, 2.75) is 45.6 Å². The van der Waals surface area contributed by atoms with Gasteiger partial charge >= 0.3 is 0 Å². The molecule has 0 fully saturated rings. The summed E-state index contributed by atoms with van der Waals surface area (Å²) in [5, 5.41) is 12.9. The maximum Gasteiger partial charge on any atom is 0.202 e. The van der Waals surface area contributed by atoms with Gasteiger partial charge in [-0.1, -0.05) is 6.92 Å². The van der Waals surface area contributed by atoms with Crippen LogP contribution in [0.25, 0.3) is 0 Å². The van der Waals surface area contributed by atoms with Crippen LogP contribution in [0.4, 0.5) is 5.13 Å². The van der Waals surface area contributed by atoms with E-state index >= 15 is 0 Å². The molecule has 1 atom stereocenters. The van der Waals surface area contributed by atoms with Crippen molar-refractivity contribution in [2.24, 2.45) is 0 Å². The third-order valence-corrected chi connectivity index (χ3v) is 2.79. The summed E-state index contributed by atoms with van der Waals surface area (Å²) in [5.74, 6) is 0.930. The van der Waals surface area contributed by atoms with E-state index in [0.29, 0.717) is 6.04 Å². The summed E-state index contributed by atoms with van der Waals surface area (Å²) in [6.45, 7) is 4.47. The number of nitrogens with zero attached hydrogens (tertiary/aromatic N) is 2. The lowest BCUT2D eigenvalue weighted by Crippen LogP contribution is -2.15. The van der Waals surface area contributed by atoms with E-state index < -0.39 is 0 Å². The van der Waals surface area contributed by atoms with Gasteiger partial charge in [0.1, 0.15) is 5.82 Å². The Kier molecular flexibility index (Phi) is 5.57. The van der Waals surface area contributed by atoms with E-state index in [1.54, 1.807) is 0 Å². The van der Waals surface area contributed by atoms with Gasteiger partial charge < -0.3 is 10.4 Å².